The van der Waals surface area contributed by atoms with Crippen molar-refractivity contribution >= 4 is 17.7 Å². The van der Waals surface area contributed by atoms with Gasteiger partial charge in [-0.3, -0.25) is 4.90 Å². The molecule has 1 saturated heterocycles. The van der Waals surface area contributed by atoms with Gasteiger partial charge in [0.25, 0.3) is 0 Å². The van der Waals surface area contributed by atoms with Crippen molar-refractivity contribution in [2.45, 2.75) is 32.9 Å². The van der Waals surface area contributed by atoms with Crippen LogP contribution in [-0.2, 0) is 16.1 Å². The van der Waals surface area contributed by atoms with E-state index in [4.69, 9.17) is 31.9 Å². The Morgan fingerprint density at radius 2 is 1.92 bits per heavy atom. The van der Waals surface area contributed by atoms with E-state index >= 15 is 0 Å². The van der Waals surface area contributed by atoms with Gasteiger partial charge in [0.15, 0.2) is 0 Å². The third-order valence-corrected chi connectivity index (χ3v) is 6.61. The number of morpholine rings is 1. The van der Waals surface area contributed by atoms with Gasteiger partial charge < -0.3 is 19.9 Å². The molecule has 1 aromatic heterocycles. The van der Waals surface area contributed by atoms with Crippen molar-refractivity contribution in [1.29, 1.82) is 0 Å². The van der Waals surface area contributed by atoms with Crippen molar-refractivity contribution in [3.8, 4) is 11.3 Å². The van der Waals surface area contributed by atoms with Crippen LogP contribution in [0.1, 0.15) is 37.7 Å². The van der Waals surface area contributed by atoms with Gasteiger partial charge in [0.1, 0.15) is 5.82 Å². The fourth-order valence-corrected chi connectivity index (χ4v) is 4.75. The Bertz CT molecular complexity index is 1150. The highest BCUT2D eigenvalue weighted by atomic mass is 35.5. The topological polar surface area (TPSA) is 85.9 Å². The summed E-state index contributed by atoms with van der Waals surface area (Å²) in [7, 11) is 0. The number of nitrogens with two attached hydrogens (primary N) is 1. The quantitative estimate of drug-likeness (QED) is 0.401. The van der Waals surface area contributed by atoms with E-state index < -0.39 is 6.09 Å². The third kappa shape index (κ3) is 7.11. The first-order valence-electron chi connectivity index (χ1n) is 12.8. The van der Waals surface area contributed by atoms with Gasteiger partial charge in [-0.25, -0.2) is 9.78 Å². The molecule has 2 heterocycles. The maximum atomic E-state index is 13.6. The number of rotatable bonds is 10. The summed E-state index contributed by atoms with van der Waals surface area (Å²) in [6.07, 6.45) is 2.30. The Kier molecular flexibility index (Phi) is 9.57. The number of imidazole rings is 1. The van der Waals surface area contributed by atoms with Gasteiger partial charge in [0.2, 0.25) is 0 Å². The van der Waals surface area contributed by atoms with Gasteiger partial charge in [-0.1, -0.05) is 67.9 Å². The fraction of sp³-hybridized carbons (Fsp3) is 0.429. The zero-order chi connectivity index (χ0) is 26.2. The zero-order valence-corrected chi connectivity index (χ0v) is 22.3. The van der Waals surface area contributed by atoms with Crippen molar-refractivity contribution in [2.24, 2.45) is 11.7 Å². The van der Waals surface area contributed by atoms with E-state index in [-0.39, 0.29) is 12.0 Å². The number of carbonyl (C=O) groups excluding carboxylic acids is 1. The summed E-state index contributed by atoms with van der Waals surface area (Å²) in [6.45, 7) is 7.92. The van der Waals surface area contributed by atoms with Crippen molar-refractivity contribution in [3.63, 3.8) is 0 Å². The molecule has 1 amide bonds. The molecule has 4 rings (SSSR count). The Balaban J connectivity index is 1.73. The number of hydrogen-bond donors (Lipinski definition) is 1. The van der Waals surface area contributed by atoms with Gasteiger partial charge >= 0.3 is 6.09 Å². The molecule has 2 aromatic carbocycles. The van der Waals surface area contributed by atoms with E-state index in [0.717, 1.165) is 22.6 Å². The lowest BCUT2D eigenvalue weighted by Gasteiger charge is -2.35. The average Bonchev–Trinajstić information content (AvgIpc) is 3.30. The summed E-state index contributed by atoms with van der Waals surface area (Å²) < 4.78 is 7.53. The second-order valence-corrected chi connectivity index (χ2v) is 9.97. The average molecular weight is 526 g/mol. The first-order valence-corrected chi connectivity index (χ1v) is 13.2. The fourth-order valence-electron chi connectivity index (χ4n) is 4.56. The van der Waals surface area contributed by atoms with Crippen molar-refractivity contribution in [2.75, 3.05) is 39.4 Å². The van der Waals surface area contributed by atoms with E-state index in [1.165, 1.54) is 0 Å². The SMILES string of the molecule is CC(C)[C@H](c1nc(-c2cccc(Cl)c2)cn1Cc1ccccc1)N(CCCN)C(=O)ON1CCOCC1. The number of carbonyl (C=O) groups is 1. The van der Waals surface area contributed by atoms with E-state index in [0.29, 0.717) is 57.4 Å². The smallest absolute Gasteiger partial charge is 0.379 e. The number of amides is 1. The normalized spacial score (nSPS) is 15.1. The predicted molar refractivity (Wildman–Crippen MR) is 145 cm³/mol. The van der Waals surface area contributed by atoms with Crippen molar-refractivity contribution in [3.05, 3.63) is 77.2 Å². The minimum Gasteiger partial charge on any atom is -0.379 e. The Morgan fingerprint density at radius 1 is 1.16 bits per heavy atom. The van der Waals surface area contributed by atoms with E-state index in [1.54, 1.807) is 9.96 Å². The number of hydrogen-bond acceptors (Lipinski definition) is 6. The first-order chi connectivity index (χ1) is 18.0. The molecule has 8 nitrogen and oxygen atoms in total. The lowest BCUT2D eigenvalue weighted by atomic mass is 10.0. The highest BCUT2D eigenvalue weighted by Crippen LogP contribution is 2.32. The molecule has 0 unspecified atom stereocenters. The number of ether oxygens (including phenoxy) is 1. The molecule has 1 fully saturated rings. The van der Waals surface area contributed by atoms with Crippen LogP contribution in [0.2, 0.25) is 5.02 Å². The van der Waals surface area contributed by atoms with Crippen molar-refractivity contribution in [1.82, 2.24) is 19.5 Å². The van der Waals surface area contributed by atoms with Crippen LogP contribution in [0, 0.1) is 5.92 Å². The van der Waals surface area contributed by atoms with Crippen LogP contribution in [0.4, 0.5) is 4.79 Å². The standard InChI is InChI=1S/C28H36ClN5O3/c1-21(2)26(34(13-7-12-30)28(35)37-33-14-16-36-17-15-33)27-31-25(23-10-6-11-24(29)18-23)20-32(27)19-22-8-4-3-5-9-22/h3-6,8-11,18,20-21,26H,7,12-17,19,30H2,1-2H3/t26-/m1/s1. The highest BCUT2D eigenvalue weighted by Gasteiger charge is 2.34. The Labute approximate surface area is 223 Å². The molecular formula is C28H36ClN5O3. The summed E-state index contributed by atoms with van der Waals surface area (Å²) >= 11 is 6.30. The largest absolute Gasteiger partial charge is 0.429 e. The number of aromatic nitrogens is 2. The number of nitrogens with zero attached hydrogens (tertiary/aromatic N) is 4. The molecule has 198 valence electrons. The van der Waals surface area contributed by atoms with Crippen LogP contribution in [0.3, 0.4) is 0 Å². The van der Waals surface area contributed by atoms with Gasteiger partial charge in [-0.15, -0.1) is 5.06 Å². The maximum absolute atomic E-state index is 13.6. The molecule has 1 aliphatic rings. The molecule has 2 N–H and O–H groups in total. The Hall–Kier alpha value is -2.91. The lowest BCUT2D eigenvalue weighted by molar-refractivity contribution is -0.157. The molecule has 0 aliphatic carbocycles. The van der Waals surface area contributed by atoms with Crippen LogP contribution in [0.25, 0.3) is 11.3 Å². The molecule has 1 aliphatic heterocycles. The minimum absolute atomic E-state index is 0.0687. The van der Waals surface area contributed by atoms with E-state index in [2.05, 4.69) is 30.5 Å². The Morgan fingerprint density at radius 3 is 2.59 bits per heavy atom. The van der Waals surface area contributed by atoms with Gasteiger partial charge in [0.05, 0.1) is 38.0 Å². The first kappa shape index (κ1) is 27.1. The minimum atomic E-state index is -0.396. The number of benzene rings is 2. The molecule has 9 heteroatoms. The molecule has 3 aromatic rings. The number of halogens is 1. The van der Waals surface area contributed by atoms with Crippen molar-refractivity contribution < 1.29 is 14.4 Å². The number of hydroxylamine groups is 2. The van der Waals surface area contributed by atoms with E-state index in [1.807, 2.05) is 48.7 Å². The van der Waals surface area contributed by atoms with Crippen LogP contribution in [0.15, 0.2) is 60.8 Å². The summed E-state index contributed by atoms with van der Waals surface area (Å²) in [6, 6.07) is 17.6. The zero-order valence-electron chi connectivity index (χ0n) is 21.6. The van der Waals surface area contributed by atoms with Gasteiger partial charge in [0, 0.05) is 29.9 Å². The molecule has 1 atom stereocenters. The molecule has 37 heavy (non-hydrogen) atoms. The monoisotopic (exact) mass is 525 g/mol. The lowest BCUT2D eigenvalue weighted by Crippen LogP contribution is -2.45. The second kappa shape index (κ2) is 13.1. The predicted octanol–water partition coefficient (Wildman–Crippen LogP) is 4.98. The molecule has 0 saturated carbocycles. The molecule has 0 spiro atoms. The molecular weight excluding hydrogens is 490 g/mol. The third-order valence-electron chi connectivity index (χ3n) is 6.37. The summed E-state index contributed by atoms with van der Waals surface area (Å²) in [5.41, 5.74) is 8.74. The maximum Gasteiger partial charge on any atom is 0.429 e. The molecule has 0 radical (unpaired) electrons. The highest BCUT2D eigenvalue weighted by molar-refractivity contribution is 6.30. The summed E-state index contributed by atoms with van der Waals surface area (Å²) in [5, 5.41) is 2.32. The van der Waals surface area contributed by atoms with Crippen LogP contribution in [0.5, 0.6) is 0 Å². The van der Waals surface area contributed by atoms with Gasteiger partial charge in [-0.2, -0.15) is 0 Å². The molecule has 0 bridgehead atoms. The second-order valence-electron chi connectivity index (χ2n) is 9.53. The summed E-state index contributed by atoms with van der Waals surface area (Å²) in [5.74, 6) is 0.865. The van der Waals surface area contributed by atoms with Crippen LogP contribution >= 0.6 is 11.6 Å². The van der Waals surface area contributed by atoms with Crippen LogP contribution in [-0.4, -0.2) is 65.0 Å². The summed E-state index contributed by atoms with van der Waals surface area (Å²) in [4.78, 5) is 26.2. The van der Waals surface area contributed by atoms with Crippen LogP contribution < -0.4 is 5.73 Å². The van der Waals surface area contributed by atoms with E-state index in [9.17, 15) is 4.79 Å². The van der Waals surface area contributed by atoms with Gasteiger partial charge in [-0.05, 0) is 36.6 Å².